The number of hydrogen-bond acceptors (Lipinski definition) is 3. The van der Waals surface area contributed by atoms with Gasteiger partial charge in [-0.25, -0.2) is 4.68 Å². The van der Waals surface area contributed by atoms with E-state index in [1.165, 1.54) is 0 Å². The summed E-state index contributed by atoms with van der Waals surface area (Å²) < 4.78 is 1.86. The maximum atomic E-state index is 11.9. The highest BCUT2D eigenvalue weighted by molar-refractivity contribution is 6.31. The number of rotatable bonds is 5. The molecule has 0 radical (unpaired) electrons. The lowest BCUT2D eigenvalue weighted by Crippen LogP contribution is -2.36. The van der Waals surface area contributed by atoms with E-state index in [1.807, 2.05) is 41.1 Å². The molecule has 6 heteroatoms. The fourth-order valence-electron chi connectivity index (χ4n) is 2.77. The number of benzene rings is 1. The quantitative estimate of drug-likeness (QED) is 0.921. The highest BCUT2D eigenvalue weighted by atomic mass is 35.5. The standard InChI is InChI=1S/C16H17ClN4O/c17-12-6-9-16(10-7-12,15(18)22)8-3-11-21-14-5-2-1-4-13(14)19-20-21/h1-2,4-7,9H,3,8,10-11H2,(H2,18,22). The third kappa shape index (κ3) is 2.76. The van der Waals surface area contributed by atoms with E-state index < -0.39 is 5.41 Å². The number of halogens is 1. The number of para-hydroxylation sites is 1. The number of allylic oxidation sites excluding steroid dienone is 3. The Morgan fingerprint density at radius 3 is 2.95 bits per heavy atom. The SMILES string of the molecule is NC(=O)C1(CCCn2nnc3ccccc32)C=CC(Cl)=CC1. The number of nitrogens with two attached hydrogens (primary N) is 1. The van der Waals surface area contributed by atoms with Gasteiger partial charge >= 0.3 is 0 Å². The number of hydrogen-bond donors (Lipinski definition) is 1. The summed E-state index contributed by atoms with van der Waals surface area (Å²) in [6.07, 6.45) is 7.42. The zero-order chi connectivity index (χ0) is 15.6. The molecule has 1 aromatic heterocycles. The van der Waals surface area contributed by atoms with Crippen molar-refractivity contribution in [1.29, 1.82) is 0 Å². The molecule has 0 saturated heterocycles. The summed E-state index contributed by atoms with van der Waals surface area (Å²) in [5.41, 5.74) is 6.83. The number of primary amides is 1. The van der Waals surface area contributed by atoms with Crippen LogP contribution in [0.4, 0.5) is 0 Å². The smallest absolute Gasteiger partial charge is 0.227 e. The molecule has 22 heavy (non-hydrogen) atoms. The second kappa shape index (κ2) is 5.93. The van der Waals surface area contributed by atoms with Gasteiger partial charge in [0.05, 0.1) is 10.9 Å². The van der Waals surface area contributed by atoms with Gasteiger partial charge in [-0.2, -0.15) is 0 Å². The van der Waals surface area contributed by atoms with E-state index in [-0.39, 0.29) is 5.91 Å². The van der Waals surface area contributed by atoms with Crippen molar-refractivity contribution in [3.05, 3.63) is 47.5 Å². The Morgan fingerprint density at radius 2 is 2.23 bits per heavy atom. The molecule has 114 valence electrons. The van der Waals surface area contributed by atoms with Crippen LogP contribution < -0.4 is 5.73 Å². The molecule has 1 aliphatic carbocycles. The fourth-order valence-corrected chi connectivity index (χ4v) is 2.91. The lowest BCUT2D eigenvalue weighted by molar-refractivity contribution is -0.125. The van der Waals surface area contributed by atoms with Gasteiger partial charge in [-0.05, 0) is 37.5 Å². The average Bonchev–Trinajstić information content (AvgIpc) is 2.93. The van der Waals surface area contributed by atoms with Gasteiger partial charge in [0.25, 0.3) is 0 Å². The summed E-state index contributed by atoms with van der Waals surface area (Å²) in [5.74, 6) is -0.312. The zero-order valence-electron chi connectivity index (χ0n) is 12.1. The van der Waals surface area contributed by atoms with Gasteiger partial charge in [-0.1, -0.05) is 41.1 Å². The first-order valence-electron chi connectivity index (χ1n) is 7.24. The maximum Gasteiger partial charge on any atom is 0.227 e. The van der Waals surface area contributed by atoms with E-state index in [2.05, 4.69) is 10.3 Å². The molecule has 2 aromatic rings. The van der Waals surface area contributed by atoms with E-state index in [0.29, 0.717) is 24.4 Å². The molecule has 0 spiro atoms. The molecule has 0 aliphatic heterocycles. The van der Waals surface area contributed by atoms with Crippen LogP contribution >= 0.6 is 11.6 Å². The first-order valence-corrected chi connectivity index (χ1v) is 7.62. The Labute approximate surface area is 133 Å². The van der Waals surface area contributed by atoms with Crippen LogP contribution in [0.1, 0.15) is 19.3 Å². The second-order valence-corrected chi connectivity index (χ2v) is 5.99. The third-order valence-electron chi connectivity index (χ3n) is 4.13. The number of carbonyl (C=O) groups is 1. The summed E-state index contributed by atoms with van der Waals surface area (Å²) in [6.45, 7) is 0.695. The number of aryl methyl sites for hydroxylation is 1. The molecule has 2 N–H and O–H groups in total. The predicted octanol–water partition coefficient (Wildman–Crippen LogP) is 2.77. The van der Waals surface area contributed by atoms with Crippen LogP contribution in [-0.4, -0.2) is 20.9 Å². The van der Waals surface area contributed by atoms with Gasteiger partial charge in [-0.3, -0.25) is 4.79 Å². The van der Waals surface area contributed by atoms with E-state index in [9.17, 15) is 4.79 Å². The molecule has 1 aliphatic rings. The number of amides is 1. The topological polar surface area (TPSA) is 73.8 Å². The number of aromatic nitrogens is 3. The number of fused-ring (bicyclic) bond motifs is 1. The Morgan fingerprint density at radius 1 is 1.41 bits per heavy atom. The molecule has 0 bridgehead atoms. The second-order valence-electron chi connectivity index (χ2n) is 5.55. The van der Waals surface area contributed by atoms with Crippen molar-refractivity contribution in [2.24, 2.45) is 11.1 Å². The summed E-state index contributed by atoms with van der Waals surface area (Å²) >= 11 is 5.93. The molecular formula is C16H17ClN4O. The van der Waals surface area contributed by atoms with Crippen molar-refractivity contribution in [3.63, 3.8) is 0 Å². The minimum atomic E-state index is -0.644. The highest BCUT2D eigenvalue weighted by Gasteiger charge is 2.34. The van der Waals surface area contributed by atoms with Crippen molar-refractivity contribution in [2.45, 2.75) is 25.8 Å². The van der Waals surface area contributed by atoms with Crippen LogP contribution in [0.2, 0.25) is 0 Å². The Hall–Kier alpha value is -2.14. The van der Waals surface area contributed by atoms with Gasteiger partial charge in [0.1, 0.15) is 5.52 Å². The van der Waals surface area contributed by atoms with Crippen molar-refractivity contribution in [2.75, 3.05) is 0 Å². The number of carbonyl (C=O) groups excluding carboxylic acids is 1. The van der Waals surface area contributed by atoms with Gasteiger partial charge in [0.15, 0.2) is 0 Å². The largest absolute Gasteiger partial charge is 0.369 e. The lowest BCUT2D eigenvalue weighted by atomic mass is 9.77. The van der Waals surface area contributed by atoms with Gasteiger partial charge in [0, 0.05) is 11.6 Å². The van der Waals surface area contributed by atoms with Gasteiger partial charge in [-0.15, -0.1) is 5.10 Å². The molecule has 1 amide bonds. The first kappa shape index (κ1) is 14.8. The molecule has 0 saturated carbocycles. The Kier molecular flexibility index (Phi) is 3.98. The number of nitrogens with zero attached hydrogens (tertiary/aromatic N) is 3. The fraction of sp³-hybridized carbons (Fsp3) is 0.312. The Bertz CT molecular complexity index is 764. The van der Waals surface area contributed by atoms with E-state index >= 15 is 0 Å². The molecule has 1 unspecified atom stereocenters. The average molecular weight is 317 g/mol. The lowest BCUT2D eigenvalue weighted by Gasteiger charge is -2.28. The van der Waals surface area contributed by atoms with Gasteiger partial charge < -0.3 is 5.73 Å². The summed E-state index contributed by atoms with van der Waals surface area (Å²) in [4.78, 5) is 11.9. The molecule has 1 atom stereocenters. The Balaban J connectivity index is 1.69. The zero-order valence-corrected chi connectivity index (χ0v) is 12.8. The van der Waals surface area contributed by atoms with E-state index in [1.54, 1.807) is 6.08 Å². The molecular weight excluding hydrogens is 300 g/mol. The monoisotopic (exact) mass is 316 g/mol. The van der Waals surface area contributed by atoms with Crippen LogP contribution in [-0.2, 0) is 11.3 Å². The van der Waals surface area contributed by atoms with Crippen LogP contribution in [0.3, 0.4) is 0 Å². The predicted molar refractivity (Wildman–Crippen MR) is 86.1 cm³/mol. The summed E-state index contributed by atoms with van der Waals surface area (Å²) in [6, 6.07) is 7.82. The van der Waals surface area contributed by atoms with Crippen molar-refractivity contribution >= 4 is 28.5 Å². The molecule has 1 heterocycles. The summed E-state index contributed by atoms with van der Waals surface area (Å²) in [7, 11) is 0. The van der Waals surface area contributed by atoms with E-state index in [0.717, 1.165) is 17.5 Å². The molecule has 0 fully saturated rings. The van der Waals surface area contributed by atoms with Crippen LogP contribution in [0.25, 0.3) is 11.0 Å². The maximum absolute atomic E-state index is 11.9. The van der Waals surface area contributed by atoms with Crippen LogP contribution in [0, 0.1) is 5.41 Å². The first-order chi connectivity index (χ1) is 10.6. The molecule has 1 aromatic carbocycles. The third-order valence-corrected chi connectivity index (χ3v) is 4.41. The van der Waals surface area contributed by atoms with Crippen LogP contribution in [0.5, 0.6) is 0 Å². The normalized spacial score (nSPS) is 21.0. The van der Waals surface area contributed by atoms with E-state index in [4.69, 9.17) is 17.3 Å². The molecule has 3 rings (SSSR count). The minimum Gasteiger partial charge on any atom is -0.369 e. The van der Waals surface area contributed by atoms with Crippen LogP contribution in [0.15, 0.2) is 47.5 Å². The summed E-state index contributed by atoms with van der Waals surface area (Å²) in [5, 5.41) is 8.94. The van der Waals surface area contributed by atoms with Crippen molar-refractivity contribution in [3.8, 4) is 0 Å². The van der Waals surface area contributed by atoms with Crippen molar-refractivity contribution in [1.82, 2.24) is 15.0 Å². The molecule has 5 nitrogen and oxygen atoms in total. The van der Waals surface area contributed by atoms with Gasteiger partial charge in [0.2, 0.25) is 5.91 Å². The van der Waals surface area contributed by atoms with Crippen molar-refractivity contribution < 1.29 is 4.79 Å². The minimum absolute atomic E-state index is 0.312. The highest BCUT2D eigenvalue weighted by Crippen LogP contribution is 2.35.